The number of hydrogen-bond donors (Lipinski definition) is 1. The highest BCUT2D eigenvalue weighted by Gasteiger charge is 2.01. The van der Waals surface area contributed by atoms with Gasteiger partial charge in [0.1, 0.15) is 5.75 Å². The molecule has 148 valence electrons. The number of allylic oxidation sites excluding steroid dienone is 5. The summed E-state index contributed by atoms with van der Waals surface area (Å²) in [5, 5.41) is 1.04. The van der Waals surface area contributed by atoms with Crippen LogP contribution in [0, 0.1) is 0 Å². The van der Waals surface area contributed by atoms with E-state index < -0.39 is 0 Å². The van der Waals surface area contributed by atoms with Crippen LogP contribution in [-0.2, 0) is 6.42 Å². The molecule has 2 rings (SSSR count). The van der Waals surface area contributed by atoms with Crippen LogP contribution in [0.15, 0.2) is 83.8 Å². The third-order valence-corrected chi connectivity index (χ3v) is 5.41. The van der Waals surface area contributed by atoms with Gasteiger partial charge in [-0.1, -0.05) is 66.2 Å². The lowest BCUT2D eigenvalue weighted by molar-refractivity contribution is 0.312. The smallest absolute Gasteiger partial charge is 0.120 e. The average Bonchev–Trinajstić information content (AvgIpc) is 2.69. The lowest BCUT2D eigenvalue weighted by Crippen LogP contribution is -2.10. The van der Waals surface area contributed by atoms with E-state index in [1.807, 2.05) is 25.1 Å². The van der Waals surface area contributed by atoms with E-state index in [0.29, 0.717) is 16.7 Å². The summed E-state index contributed by atoms with van der Waals surface area (Å²) < 4.78 is 9.04. The highest BCUT2D eigenvalue weighted by atomic mass is 35.5. The fourth-order valence-electron chi connectivity index (χ4n) is 2.49. The van der Waals surface area contributed by atoms with Crippen LogP contribution >= 0.6 is 35.1 Å². The van der Waals surface area contributed by atoms with Crippen molar-refractivity contribution in [1.29, 1.82) is 0 Å². The summed E-state index contributed by atoms with van der Waals surface area (Å²) in [6.07, 6.45) is 9.84. The van der Waals surface area contributed by atoms with Gasteiger partial charge in [-0.2, -0.15) is 0 Å². The molecule has 0 atom stereocenters. The standard InChI is InChI=1S/C23H25Cl2NOS/c1-3-6-18(7-4-2)16-19-8-11-21(12-9-19)28-26-14-5-15-27-20-10-13-22(24)23(25)17-20/h3-4,6-13,17,26H,1,5,14-16H2,2H3/b7-4-,18-6+. The molecule has 2 nitrogen and oxygen atoms in total. The first kappa shape index (κ1) is 22.6. The summed E-state index contributed by atoms with van der Waals surface area (Å²) >= 11 is 13.5. The average molecular weight is 434 g/mol. The topological polar surface area (TPSA) is 21.3 Å². The Morgan fingerprint density at radius 2 is 1.93 bits per heavy atom. The van der Waals surface area contributed by atoms with E-state index in [0.717, 1.165) is 25.1 Å². The van der Waals surface area contributed by atoms with Gasteiger partial charge in [0, 0.05) is 17.5 Å². The summed E-state index contributed by atoms with van der Waals surface area (Å²) in [7, 11) is 0. The van der Waals surface area contributed by atoms with Gasteiger partial charge in [0.05, 0.1) is 16.7 Å². The van der Waals surface area contributed by atoms with Gasteiger partial charge in [-0.05, 0) is 67.1 Å². The van der Waals surface area contributed by atoms with E-state index in [2.05, 4.69) is 47.7 Å². The van der Waals surface area contributed by atoms with Crippen molar-refractivity contribution in [3.8, 4) is 5.75 Å². The zero-order valence-corrected chi connectivity index (χ0v) is 18.3. The minimum absolute atomic E-state index is 0.508. The van der Waals surface area contributed by atoms with Crippen LogP contribution in [0.2, 0.25) is 10.0 Å². The van der Waals surface area contributed by atoms with Gasteiger partial charge in [0.15, 0.2) is 0 Å². The predicted molar refractivity (Wildman–Crippen MR) is 124 cm³/mol. The van der Waals surface area contributed by atoms with Crippen LogP contribution in [0.4, 0.5) is 0 Å². The van der Waals surface area contributed by atoms with Gasteiger partial charge in [-0.15, -0.1) is 0 Å². The quantitative estimate of drug-likeness (QED) is 0.228. The number of halogens is 2. The summed E-state index contributed by atoms with van der Waals surface area (Å²) in [5.41, 5.74) is 2.53. The molecule has 0 heterocycles. The highest BCUT2D eigenvalue weighted by molar-refractivity contribution is 7.97. The molecule has 2 aromatic rings. The summed E-state index contributed by atoms with van der Waals surface area (Å²) in [4.78, 5) is 1.19. The molecule has 0 aliphatic rings. The van der Waals surface area contributed by atoms with Crippen LogP contribution in [0.25, 0.3) is 0 Å². The first-order valence-electron chi connectivity index (χ1n) is 9.13. The van der Waals surface area contributed by atoms with Crippen molar-refractivity contribution in [1.82, 2.24) is 4.72 Å². The summed E-state index contributed by atoms with van der Waals surface area (Å²) in [6.45, 7) is 7.27. The molecule has 0 saturated heterocycles. The van der Waals surface area contributed by atoms with Crippen molar-refractivity contribution >= 4 is 35.1 Å². The van der Waals surface area contributed by atoms with E-state index in [1.54, 1.807) is 24.1 Å². The lowest BCUT2D eigenvalue weighted by Gasteiger charge is -2.08. The van der Waals surface area contributed by atoms with Gasteiger partial charge in [0.2, 0.25) is 0 Å². The third-order valence-electron chi connectivity index (χ3n) is 3.82. The molecule has 0 aliphatic heterocycles. The second-order valence-corrected chi connectivity index (χ2v) is 7.85. The van der Waals surface area contributed by atoms with Crippen LogP contribution in [-0.4, -0.2) is 13.2 Å². The Hall–Kier alpha value is -1.65. The van der Waals surface area contributed by atoms with Crippen LogP contribution in [0.5, 0.6) is 5.75 Å². The second-order valence-electron chi connectivity index (χ2n) is 6.07. The van der Waals surface area contributed by atoms with Gasteiger partial charge < -0.3 is 4.74 Å². The molecule has 0 amide bonds. The van der Waals surface area contributed by atoms with Gasteiger partial charge in [0.25, 0.3) is 0 Å². The van der Waals surface area contributed by atoms with E-state index in [-0.39, 0.29) is 0 Å². The Labute approximate surface area is 182 Å². The van der Waals surface area contributed by atoms with Crippen LogP contribution in [0.3, 0.4) is 0 Å². The summed E-state index contributed by atoms with van der Waals surface area (Å²) in [5.74, 6) is 0.737. The molecule has 0 fully saturated rings. The van der Waals surface area contributed by atoms with Gasteiger partial charge >= 0.3 is 0 Å². The maximum atomic E-state index is 5.98. The predicted octanol–water partition coefficient (Wildman–Crippen LogP) is 7.29. The fourth-order valence-corrected chi connectivity index (χ4v) is 3.46. The number of nitrogens with one attached hydrogen (secondary N) is 1. The number of rotatable bonds is 11. The van der Waals surface area contributed by atoms with Crippen molar-refractivity contribution in [2.45, 2.75) is 24.7 Å². The fraction of sp³-hybridized carbons (Fsp3) is 0.217. The molecule has 0 aliphatic carbocycles. The minimum atomic E-state index is 0.508. The van der Waals surface area contributed by atoms with Crippen LogP contribution < -0.4 is 9.46 Å². The first-order chi connectivity index (χ1) is 13.6. The Bertz CT molecular complexity index is 816. The zero-order chi connectivity index (χ0) is 20.2. The number of benzene rings is 2. The molecule has 0 bridgehead atoms. The van der Waals surface area contributed by atoms with Gasteiger partial charge in [-0.3, -0.25) is 4.72 Å². The maximum Gasteiger partial charge on any atom is 0.120 e. The Kier molecular flexibility index (Phi) is 10.3. The normalized spacial score (nSPS) is 11.8. The number of ether oxygens (including phenoxy) is 1. The molecule has 2 aromatic carbocycles. The van der Waals surface area contributed by atoms with Crippen molar-refractivity contribution < 1.29 is 4.74 Å². The molecular weight excluding hydrogens is 409 g/mol. The first-order valence-corrected chi connectivity index (χ1v) is 10.7. The zero-order valence-electron chi connectivity index (χ0n) is 16.0. The van der Waals surface area contributed by atoms with Crippen molar-refractivity contribution in [2.75, 3.05) is 13.2 Å². The van der Waals surface area contributed by atoms with E-state index in [4.69, 9.17) is 27.9 Å². The monoisotopic (exact) mass is 433 g/mol. The lowest BCUT2D eigenvalue weighted by atomic mass is 10.0. The molecule has 0 aromatic heterocycles. The highest BCUT2D eigenvalue weighted by Crippen LogP contribution is 2.26. The third kappa shape index (κ3) is 8.15. The molecule has 1 N–H and O–H groups in total. The van der Waals surface area contributed by atoms with E-state index in [9.17, 15) is 0 Å². The second kappa shape index (κ2) is 12.7. The molecule has 0 spiro atoms. The van der Waals surface area contributed by atoms with E-state index >= 15 is 0 Å². The number of hydrogen-bond acceptors (Lipinski definition) is 3. The summed E-state index contributed by atoms with van der Waals surface area (Å²) in [6, 6.07) is 13.9. The van der Waals surface area contributed by atoms with Crippen LogP contribution in [0.1, 0.15) is 18.9 Å². The Balaban J connectivity index is 1.68. The molecule has 0 unspecified atom stereocenters. The Morgan fingerprint density at radius 3 is 2.61 bits per heavy atom. The molecule has 0 saturated carbocycles. The molecular formula is C23H25Cl2NOS. The Morgan fingerprint density at radius 1 is 1.14 bits per heavy atom. The molecule has 0 radical (unpaired) electrons. The SMILES string of the molecule is C=C/C=C(\C=C/C)Cc1ccc(SNCCCOc2ccc(Cl)c(Cl)c2)cc1. The van der Waals surface area contributed by atoms with Gasteiger partial charge in [-0.25, -0.2) is 0 Å². The molecule has 28 heavy (non-hydrogen) atoms. The van der Waals surface area contributed by atoms with Crippen molar-refractivity contribution in [3.05, 3.63) is 94.5 Å². The van der Waals surface area contributed by atoms with E-state index in [1.165, 1.54) is 16.0 Å². The largest absolute Gasteiger partial charge is 0.493 e. The van der Waals surface area contributed by atoms with Crippen molar-refractivity contribution in [3.63, 3.8) is 0 Å². The minimum Gasteiger partial charge on any atom is -0.493 e. The maximum absolute atomic E-state index is 5.98. The van der Waals surface area contributed by atoms with Crippen molar-refractivity contribution in [2.24, 2.45) is 0 Å². The molecule has 5 heteroatoms.